The van der Waals surface area contributed by atoms with E-state index in [4.69, 9.17) is 22.1 Å². The molecule has 106 valence electrons. The van der Waals surface area contributed by atoms with Crippen molar-refractivity contribution in [3.63, 3.8) is 0 Å². The maximum Gasteiger partial charge on any atom is 0.120 e. The Morgan fingerprint density at radius 2 is 1.95 bits per heavy atom. The summed E-state index contributed by atoms with van der Waals surface area (Å²) in [7, 11) is 0. The zero-order valence-corrected chi connectivity index (χ0v) is 12.7. The second-order valence-electron chi connectivity index (χ2n) is 5.16. The normalized spacial score (nSPS) is 12.2. The van der Waals surface area contributed by atoms with Crippen molar-refractivity contribution >= 4 is 11.6 Å². The van der Waals surface area contributed by atoms with Crippen molar-refractivity contribution < 1.29 is 4.74 Å². The van der Waals surface area contributed by atoms with Crippen molar-refractivity contribution in [1.29, 1.82) is 0 Å². The van der Waals surface area contributed by atoms with Gasteiger partial charge < -0.3 is 10.5 Å². The molecule has 0 aliphatic heterocycles. The monoisotopic (exact) mass is 289 g/mol. The molecule has 0 radical (unpaired) electrons. The third kappa shape index (κ3) is 4.26. The molecular formula is C17H20ClNO. The molecular weight excluding hydrogens is 270 g/mol. The standard InChI is InChI=1S/C17H20ClNO/c1-12-6-7-13(2)14(8-12)9-16(19)11-20-17-5-3-4-15(18)10-17/h3-8,10,16H,9,11,19H2,1-2H3. The highest BCUT2D eigenvalue weighted by molar-refractivity contribution is 6.30. The Labute approximate surface area is 125 Å². The van der Waals surface area contributed by atoms with E-state index in [0.717, 1.165) is 12.2 Å². The predicted octanol–water partition coefficient (Wildman–Crippen LogP) is 3.91. The smallest absolute Gasteiger partial charge is 0.120 e. The highest BCUT2D eigenvalue weighted by atomic mass is 35.5. The first-order chi connectivity index (χ1) is 9.54. The van der Waals surface area contributed by atoms with Gasteiger partial charge in [0.15, 0.2) is 0 Å². The van der Waals surface area contributed by atoms with Crippen LogP contribution < -0.4 is 10.5 Å². The fourth-order valence-electron chi connectivity index (χ4n) is 2.12. The van der Waals surface area contributed by atoms with Gasteiger partial charge in [0, 0.05) is 11.1 Å². The first-order valence-corrected chi connectivity index (χ1v) is 7.12. The summed E-state index contributed by atoms with van der Waals surface area (Å²) in [6.07, 6.45) is 0.814. The van der Waals surface area contributed by atoms with Crippen LogP contribution in [0.1, 0.15) is 16.7 Å². The lowest BCUT2D eigenvalue weighted by Crippen LogP contribution is -2.30. The van der Waals surface area contributed by atoms with Gasteiger partial charge in [0.05, 0.1) is 0 Å². The van der Waals surface area contributed by atoms with Crippen LogP contribution in [0.3, 0.4) is 0 Å². The fourth-order valence-corrected chi connectivity index (χ4v) is 2.30. The highest BCUT2D eigenvalue weighted by Crippen LogP contribution is 2.18. The van der Waals surface area contributed by atoms with Gasteiger partial charge in [0.2, 0.25) is 0 Å². The SMILES string of the molecule is Cc1ccc(C)c(CC(N)COc2cccc(Cl)c2)c1. The largest absolute Gasteiger partial charge is 0.492 e. The van der Waals surface area contributed by atoms with E-state index in [9.17, 15) is 0 Å². The van der Waals surface area contributed by atoms with E-state index in [2.05, 4.69) is 32.0 Å². The van der Waals surface area contributed by atoms with E-state index in [1.54, 1.807) is 6.07 Å². The van der Waals surface area contributed by atoms with Crippen LogP contribution in [-0.4, -0.2) is 12.6 Å². The number of benzene rings is 2. The van der Waals surface area contributed by atoms with Crippen LogP contribution in [0.2, 0.25) is 5.02 Å². The number of ether oxygens (including phenoxy) is 1. The molecule has 2 aromatic rings. The molecule has 0 spiro atoms. The quantitative estimate of drug-likeness (QED) is 0.906. The molecule has 0 heterocycles. The number of nitrogens with two attached hydrogens (primary N) is 1. The molecule has 1 unspecified atom stereocenters. The third-order valence-corrected chi connectivity index (χ3v) is 3.48. The summed E-state index contributed by atoms with van der Waals surface area (Å²) in [6, 6.07) is 13.8. The van der Waals surface area contributed by atoms with Crippen LogP contribution in [0.5, 0.6) is 5.75 Å². The number of halogens is 1. The van der Waals surface area contributed by atoms with E-state index in [1.807, 2.05) is 18.2 Å². The van der Waals surface area contributed by atoms with Gasteiger partial charge in [-0.2, -0.15) is 0 Å². The molecule has 0 aliphatic carbocycles. The lowest BCUT2D eigenvalue weighted by atomic mass is 10.00. The maximum atomic E-state index is 6.15. The number of aryl methyl sites for hydroxylation is 2. The summed E-state index contributed by atoms with van der Waals surface area (Å²) in [5.41, 5.74) is 9.97. The average Bonchev–Trinajstić information content (AvgIpc) is 2.41. The molecule has 0 aromatic heterocycles. The summed E-state index contributed by atoms with van der Waals surface area (Å²) >= 11 is 5.92. The minimum absolute atomic E-state index is 0.0329. The molecule has 2 N–H and O–H groups in total. The Morgan fingerprint density at radius 1 is 1.15 bits per heavy atom. The Kier molecular flexibility index (Phi) is 5.05. The Balaban J connectivity index is 1.92. The van der Waals surface area contributed by atoms with Crippen LogP contribution in [0.4, 0.5) is 0 Å². The Morgan fingerprint density at radius 3 is 2.70 bits per heavy atom. The second kappa shape index (κ2) is 6.78. The molecule has 20 heavy (non-hydrogen) atoms. The number of hydrogen-bond acceptors (Lipinski definition) is 2. The van der Waals surface area contributed by atoms with Crippen LogP contribution in [0.15, 0.2) is 42.5 Å². The summed E-state index contributed by atoms with van der Waals surface area (Å²) in [5.74, 6) is 0.758. The van der Waals surface area contributed by atoms with E-state index in [-0.39, 0.29) is 6.04 Å². The van der Waals surface area contributed by atoms with Crippen molar-refractivity contribution in [2.75, 3.05) is 6.61 Å². The zero-order chi connectivity index (χ0) is 14.5. The van der Waals surface area contributed by atoms with Gasteiger partial charge in [0.1, 0.15) is 12.4 Å². The van der Waals surface area contributed by atoms with Crippen LogP contribution in [0.25, 0.3) is 0 Å². The predicted molar refractivity (Wildman–Crippen MR) is 84.5 cm³/mol. The summed E-state index contributed by atoms with van der Waals surface area (Å²) in [4.78, 5) is 0. The van der Waals surface area contributed by atoms with Gasteiger partial charge in [-0.25, -0.2) is 0 Å². The second-order valence-corrected chi connectivity index (χ2v) is 5.60. The molecule has 0 saturated heterocycles. The molecule has 0 saturated carbocycles. The molecule has 0 amide bonds. The summed E-state index contributed by atoms with van der Waals surface area (Å²) in [6.45, 7) is 4.68. The van der Waals surface area contributed by atoms with Crippen molar-refractivity contribution in [1.82, 2.24) is 0 Å². The third-order valence-electron chi connectivity index (χ3n) is 3.25. The molecule has 2 rings (SSSR count). The minimum Gasteiger partial charge on any atom is -0.492 e. The van der Waals surface area contributed by atoms with E-state index in [0.29, 0.717) is 11.6 Å². The van der Waals surface area contributed by atoms with Crippen molar-refractivity contribution in [3.05, 3.63) is 64.2 Å². The first-order valence-electron chi connectivity index (χ1n) is 6.74. The first kappa shape index (κ1) is 14.9. The van der Waals surface area contributed by atoms with Gasteiger partial charge in [-0.15, -0.1) is 0 Å². The zero-order valence-electron chi connectivity index (χ0n) is 11.9. The summed E-state index contributed by atoms with van der Waals surface area (Å²) < 4.78 is 5.68. The van der Waals surface area contributed by atoms with E-state index in [1.165, 1.54) is 16.7 Å². The van der Waals surface area contributed by atoms with Crippen LogP contribution >= 0.6 is 11.6 Å². The molecule has 0 aliphatic rings. The van der Waals surface area contributed by atoms with Gasteiger partial charge in [-0.3, -0.25) is 0 Å². The van der Waals surface area contributed by atoms with Gasteiger partial charge in [0.25, 0.3) is 0 Å². The highest BCUT2D eigenvalue weighted by Gasteiger charge is 2.08. The number of rotatable bonds is 5. The van der Waals surface area contributed by atoms with Crippen LogP contribution in [0, 0.1) is 13.8 Å². The number of hydrogen-bond donors (Lipinski definition) is 1. The molecule has 0 bridgehead atoms. The van der Waals surface area contributed by atoms with Crippen molar-refractivity contribution in [3.8, 4) is 5.75 Å². The van der Waals surface area contributed by atoms with Crippen LogP contribution in [-0.2, 0) is 6.42 Å². The van der Waals surface area contributed by atoms with E-state index < -0.39 is 0 Å². The van der Waals surface area contributed by atoms with Gasteiger partial charge >= 0.3 is 0 Å². The summed E-state index contributed by atoms with van der Waals surface area (Å²) in [5, 5.41) is 0.672. The average molecular weight is 290 g/mol. The van der Waals surface area contributed by atoms with Crippen molar-refractivity contribution in [2.24, 2.45) is 5.73 Å². The Hall–Kier alpha value is -1.51. The topological polar surface area (TPSA) is 35.2 Å². The molecule has 2 nitrogen and oxygen atoms in total. The Bertz CT molecular complexity index is 583. The molecule has 0 fully saturated rings. The van der Waals surface area contributed by atoms with Gasteiger partial charge in [-0.05, 0) is 49.6 Å². The molecule has 3 heteroatoms. The fraction of sp³-hybridized carbons (Fsp3) is 0.294. The van der Waals surface area contributed by atoms with E-state index >= 15 is 0 Å². The molecule has 2 aromatic carbocycles. The minimum atomic E-state index is -0.0329. The maximum absolute atomic E-state index is 6.15. The lowest BCUT2D eigenvalue weighted by Gasteiger charge is -2.15. The van der Waals surface area contributed by atoms with Gasteiger partial charge in [-0.1, -0.05) is 41.4 Å². The lowest BCUT2D eigenvalue weighted by molar-refractivity contribution is 0.287. The van der Waals surface area contributed by atoms with Crippen molar-refractivity contribution in [2.45, 2.75) is 26.3 Å². The molecule has 1 atom stereocenters.